The maximum Gasteiger partial charge on any atom is 0.242 e. The molecule has 28 heavy (non-hydrogen) atoms. The van der Waals surface area contributed by atoms with Crippen LogP contribution in [0.15, 0.2) is 36.5 Å². The Kier molecular flexibility index (Phi) is 5.25. The number of nitrogens with one attached hydrogen (secondary N) is 1. The molecule has 1 saturated heterocycles. The number of amides is 1. The summed E-state index contributed by atoms with van der Waals surface area (Å²) in [6, 6.07) is 9.07. The smallest absolute Gasteiger partial charge is 0.242 e. The SMILES string of the molecule is Cn1ncc2c1CCCC2NC(=O)C(c1ccccc1)N1CCS(=O)(=O)CC1. The zero-order valence-electron chi connectivity index (χ0n) is 16.0. The van der Waals surface area contributed by atoms with E-state index in [1.807, 2.05) is 53.2 Å². The first-order chi connectivity index (χ1) is 13.4. The van der Waals surface area contributed by atoms with Crippen molar-refractivity contribution in [1.82, 2.24) is 20.0 Å². The molecule has 2 heterocycles. The molecule has 1 aliphatic carbocycles. The van der Waals surface area contributed by atoms with Gasteiger partial charge >= 0.3 is 0 Å². The predicted molar refractivity (Wildman–Crippen MR) is 106 cm³/mol. The van der Waals surface area contributed by atoms with Crippen LogP contribution in [0.25, 0.3) is 0 Å². The Morgan fingerprint density at radius 3 is 2.64 bits per heavy atom. The minimum absolute atomic E-state index is 0.0512. The van der Waals surface area contributed by atoms with Gasteiger partial charge in [0.15, 0.2) is 9.84 Å². The number of sulfone groups is 1. The van der Waals surface area contributed by atoms with Crippen LogP contribution < -0.4 is 5.32 Å². The molecule has 0 bridgehead atoms. The molecular formula is C20H26N4O3S. The van der Waals surface area contributed by atoms with Gasteiger partial charge in [0.2, 0.25) is 5.91 Å². The van der Waals surface area contributed by atoms with Gasteiger partial charge in [0.25, 0.3) is 0 Å². The molecule has 1 N–H and O–H groups in total. The molecule has 7 nitrogen and oxygen atoms in total. The van der Waals surface area contributed by atoms with Crippen molar-refractivity contribution in [2.75, 3.05) is 24.6 Å². The lowest BCUT2D eigenvalue weighted by atomic mass is 9.92. The Hall–Kier alpha value is -2.19. The fourth-order valence-corrected chi connectivity index (χ4v) is 5.48. The predicted octanol–water partition coefficient (Wildman–Crippen LogP) is 1.39. The van der Waals surface area contributed by atoms with Crippen molar-refractivity contribution in [1.29, 1.82) is 0 Å². The molecule has 2 atom stereocenters. The second kappa shape index (κ2) is 7.67. The van der Waals surface area contributed by atoms with Gasteiger partial charge in [0.05, 0.1) is 23.7 Å². The molecule has 8 heteroatoms. The van der Waals surface area contributed by atoms with Crippen LogP contribution >= 0.6 is 0 Å². The minimum Gasteiger partial charge on any atom is -0.348 e. The lowest BCUT2D eigenvalue weighted by Gasteiger charge is -2.35. The first kappa shape index (κ1) is 19.1. The number of aromatic nitrogens is 2. The van der Waals surface area contributed by atoms with E-state index in [-0.39, 0.29) is 23.5 Å². The largest absolute Gasteiger partial charge is 0.348 e. The number of aryl methyl sites for hydroxylation is 1. The summed E-state index contributed by atoms with van der Waals surface area (Å²) in [5.74, 6) is 0.117. The van der Waals surface area contributed by atoms with Gasteiger partial charge in [-0.3, -0.25) is 14.4 Å². The van der Waals surface area contributed by atoms with E-state index in [1.165, 1.54) is 5.69 Å². The second-order valence-electron chi connectivity index (χ2n) is 7.62. The maximum absolute atomic E-state index is 13.4. The third-order valence-corrected chi connectivity index (χ3v) is 7.41. The monoisotopic (exact) mass is 402 g/mol. The summed E-state index contributed by atoms with van der Waals surface area (Å²) >= 11 is 0. The topological polar surface area (TPSA) is 84.3 Å². The Labute approximate surface area is 165 Å². The van der Waals surface area contributed by atoms with Crippen molar-refractivity contribution in [3.8, 4) is 0 Å². The summed E-state index contributed by atoms with van der Waals surface area (Å²) in [7, 11) is -1.07. The van der Waals surface area contributed by atoms with Gasteiger partial charge in [-0.25, -0.2) is 8.42 Å². The van der Waals surface area contributed by atoms with Crippen molar-refractivity contribution in [2.45, 2.75) is 31.3 Å². The molecule has 2 unspecified atom stereocenters. The van der Waals surface area contributed by atoms with Crippen molar-refractivity contribution in [3.05, 3.63) is 53.3 Å². The van der Waals surface area contributed by atoms with Crippen molar-refractivity contribution < 1.29 is 13.2 Å². The third-order valence-electron chi connectivity index (χ3n) is 5.80. The fraction of sp³-hybridized carbons (Fsp3) is 0.500. The van der Waals surface area contributed by atoms with Gasteiger partial charge in [-0.1, -0.05) is 30.3 Å². The zero-order valence-corrected chi connectivity index (χ0v) is 16.9. The van der Waals surface area contributed by atoms with Gasteiger partial charge in [-0.2, -0.15) is 5.10 Å². The summed E-state index contributed by atoms with van der Waals surface area (Å²) < 4.78 is 25.6. The Morgan fingerprint density at radius 1 is 1.21 bits per heavy atom. The first-order valence-corrected chi connectivity index (χ1v) is 11.6. The van der Waals surface area contributed by atoms with E-state index >= 15 is 0 Å². The number of nitrogens with zero attached hydrogens (tertiary/aromatic N) is 3. The first-order valence-electron chi connectivity index (χ1n) is 9.75. The van der Waals surface area contributed by atoms with E-state index < -0.39 is 15.9 Å². The molecule has 0 radical (unpaired) electrons. The quantitative estimate of drug-likeness (QED) is 0.835. The molecule has 1 fully saturated rings. The van der Waals surface area contributed by atoms with E-state index in [1.54, 1.807) is 0 Å². The Morgan fingerprint density at radius 2 is 1.93 bits per heavy atom. The van der Waals surface area contributed by atoms with Gasteiger partial charge in [0, 0.05) is 31.4 Å². The average molecular weight is 403 g/mol. The van der Waals surface area contributed by atoms with Crippen LogP contribution in [0.5, 0.6) is 0 Å². The molecule has 0 spiro atoms. The van der Waals surface area contributed by atoms with E-state index in [0.717, 1.165) is 30.4 Å². The Bertz CT molecular complexity index is 941. The molecule has 1 aromatic carbocycles. The molecule has 2 aliphatic rings. The summed E-state index contributed by atoms with van der Waals surface area (Å²) in [5.41, 5.74) is 3.16. The highest BCUT2D eigenvalue weighted by Crippen LogP contribution is 2.31. The zero-order chi connectivity index (χ0) is 19.7. The number of carbonyl (C=O) groups excluding carboxylic acids is 1. The van der Waals surface area contributed by atoms with Gasteiger partial charge in [0.1, 0.15) is 6.04 Å². The molecule has 150 valence electrons. The van der Waals surface area contributed by atoms with Gasteiger partial charge in [-0.05, 0) is 24.8 Å². The average Bonchev–Trinajstić information content (AvgIpc) is 3.06. The van der Waals surface area contributed by atoms with Crippen molar-refractivity contribution in [3.63, 3.8) is 0 Å². The summed E-state index contributed by atoms with van der Waals surface area (Å²) in [6.07, 6.45) is 4.73. The molecule has 1 aromatic heterocycles. The van der Waals surface area contributed by atoms with E-state index in [2.05, 4.69) is 10.4 Å². The van der Waals surface area contributed by atoms with Crippen molar-refractivity contribution in [2.24, 2.45) is 7.05 Å². The highest BCUT2D eigenvalue weighted by Gasteiger charge is 2.34. The molecule has 0 saturated carbocycles. The summed E-state index contributed by atoms with van der Waals surface area (Å²) in [4.78, 5) is 15.3. The number of hydrogen-bond donors (Lipinski definition) is 1. The molecule has 4 rings (SSSR count). The Balaban J connectivity index is 1.58. The van der Waals surface area contributed by atoms with E-state index in [0.29, 0.717) is 13.1 Å². The molecular weight excluding hydrogens is 376 g/mol. The van der Waals surface area contributed by atoms with Gasteiger partial charge in [-0.15, -0.1) is 0 Å². The van der Waals surface area contributed by atoms with Crippen LogP contribution in [-0.2, 0) is 28.1 Å². The highest BCUT2D eigenvalue weighted by atomic mass is 32.2. The number of carbonyl (C=O) groups is 1. The molecule has 1 aliphatic heterocycles. The normalized spacial score (nSPS) is 23.0. The molecule has 2 aromatic rings. The van der Waals surface area contributed by atoms with Crippen LogP contribution in [0.3, 0.4) is 0 Å². The third kappa shape index (κ3) is 3.84. The van der Waals surface area contributed by atoms with Crippen LogP contribution in [-0.4, -0.2) is 53.6 Å². The van der Waals surface area contributed by atoms with Crippen LogP contribution in [0.1, 0.15) is 41.7 Å². The van der Waals surface area contributed by atoms with Crippen LogP contribution in [0.2, 0.25) is 0 Å². The second-order valence-corrected chi connectivity index (χ2v) is 9.93. The lowest BCUT2D eigenvalue weighted by molar-refractivity contribution is -0.127. The number of hydrogen-bond acceptors (Lipinski definition) is 5. The maximum atomic E-state index is 13.4. The van der Waals surface area contributed by atoms with E-state index in [4.69, 9.17) is 0 Å². The van der Waals surface area contributed by atoms with Crippen molar-refractivity contribution >= 4 is 15.7 Å². The lowest BCUT2D eigenvalue weighted by Crippen LogP contribution is -2.48. The number of rotatable bonds is 4. The number of fused-ring (bicyclic) bond motifs is 1. The number of benzene rings is 1. The van der Waals surface area contributed by atoms with Crippen LogP contribution in [0, 0.1) is 0 Å². The molecule has 1 amide bonds. The minimum atomic E-state index is -3.01. The standard InChI is InChI=1S/C20H26N4O3S/c1-23-18-9-5-8-17(16(18)14-21-23)22-20(25)19(15-6-3-2-4-7-15)24-10-12-28(26,27)13-11-24/h2-4,6-7,14,17,19H,5,8-13H2,1H3,(H,22,25). The van der Waals surface area contributed by atoms with Crippen LogP contribution in [0.4, 0.5) is 0 Å². The summed E-state index contributed by atoms with van der Waals surface area (Å²) in [6.45, 7) is 0.746. The summed E-state index contributed by atoms with van der Waals surface area (Å²) in [5, 5.41) is 7.57. The van der Waals surface area contributed by atoms with E-state index in [9.17, 15) is 13.2 Å². The fourth-order valence-electron chi connectivity index (χ4n) is 4.25. The highest BCUT2D eigenvalue weighted by molar-refractivity contribution is 7.91. The van der Waals surface area contributed by atoms with Gasteiger partial charge < -0.3 is 5.32 Å².